The van der Waals surface area contributed by atoms with E-state index >= 15 is 0 Å². The molecular weight excluding hydrogens is 889 g/mol. The van der Waals surface area contributed by atoms with Crippen LogP contribution in [-0.2, 0) is 28.5 Å². The summed E-state index contributed by atoms with van der Waals surface area (Å²) in [7, 11) is 2.60. The zero-order chi connectivity index (χ0) is 49.1. The molecule has 2 saturated carbocycles. The Balaban J connectivity index is 0.869. The summed E-state index contributed by atoms with van der Waals surface area (Å²) in [6, 6.07) is 19.1. The predicted octanol–water partition coefficient (Wildman–Crippen LogP) is 8.97. The number of H-pyrrole nitrogens is 2. The number of ether oxygens (including phenoxy) is 4. The molecule has 3 aromatic carbocycles. The Labute approximate surface area is 410 Å². The molecule has 5 atom stereocenters. The first-order chi connectivity index (χ1) is 33.8. The monoisotopic (exact) mass is 957 g/mol. The molecule has 0 unspecified atom stereocenters. The fourth-order valence-electron chi connectivity index (χ4n) is 10.7. The van der Waals surface area contributed by atoms with Gasteiger partial charge in [-0.25, -0.2) is 19.6 Å². The lowest BCUT2D eigenvalue weighted by Gasteiger charge is -2.30. The summed E-state index contributed by atoms with van der Waals surface area (Å²) in [6.07, 6.45) is 10.7. The predicted molar refractivity (Wildman–Crippen MR) is 265 cm³/mol. The number of hydrogen-bond acceptors (Lipinski definition) is 10. The molecule has 9 rings (SSSR count). The summed E-state index contributed by atoms with van der Waals surface area (Å²) < 4.78 is 22.0. The van der Waals surface area contributed by atoms with Crippen LogP contribution in [0.4, 0.5) is 9.59 Å². The van der Waals surface area contributed by atoms with E-state index in [1.54, 1.807) is 11.1 Å². The Morgan fingerprint density at radius 1 is 0.700 bits per heavy atom. The number of hydrogen-bond donors (Lipinski definition) is 4. The van der Waals surface area contributed by atoms with E-state index in [0.717, 1.165) is 76.1 Å². The normalized spacial score (nSPS) is 20.7. The van der Waals surface area contributed by atoms with Gasteiger partial charge in [-0.2, -0.15) is 0 Å². The van der Waals surface area contributed by atoms with Crippen molar-refractivity contribution >= 4 is 34.8 Å². The number of nitrogens with zero attached hydrogens (tertiary/aromatic N) is 4. The summed E-state index contributed by atoms with van der Waals surface area (Å²) in [5.41, 5.74) is 5.91. The number of rotatable bonds is 17. The molecule has 4 amide bonds. The summed E-state index contributed by atoms with van der Waals surface area (Å²) in [6.45, 7) is 10.4. The average Bonchev–Trinajstić information content (AvgIpc) is 4.05. The molecule has 372 valence electrons. The molecule has 1 spiro atoms. The molecule has 0 radical (unpaired) electrons. The number of aromatic nitrogens is 4. The minimum Gasteiger partial charge on any atom is -0.453 e. The third-order valence-electron chi connectivity index (χ3n) is 15.0. The second-order valence-corrected chi connectivity index (χ2v) is 20.6. The first-order valence-electron chi connectivity index (χ1n) is 25.1. The zero-order valence-corrected chi connectivity index (χ0v) is 41.3. The van der Waals surface area contributed by atoms with Gasteiger partial charge in [-0.15, -0.1) is 0 Å². The van der Waals surface area contributed by atoms with Crippen LogP contribution >= 0.6 is 0 Å². The van der Waals surface area contributed by atoms with E-state index in [1.807, 2.05) is 38.8 Å². The Bertz CT molecular complexity index is 2650. The van der Waals surface area contributed by atoms with Crippen molar-refractivity contribution in [3.63, 3.8) is 0 Å². The molecule has 4 heterocycles. The van der Waals surface area contributed by atoms with E-state index in [1.165, 1.54) is 39.9 Å². The number of methoxy groups -OCH3 is 2. The van der Waals surface area contributed by atoms with Crippen LogP contribution in [0.5, 0.6) is 0 Å². The molecular formula is C54H68N8O8. The number of fused-ring (bicyclic) bond motifs is 1. The van der Waals surface area contributed by atoms with E-state index in [0.29, 0.717) is 44.5 Å². The molecule has 2 aromatic heterocycles. The summed E-state index contributed by atoms with van der Waals surface area (Å²) in [5, 5.41) is 7.68. The highest BCUT2D eigenvalue weighted by Gasteiger charge is 2.55. The topological polar surface area (TPSA) is 193 Å². The number of alkyl carbamates (subject to hydrolysis) is 2. The first kappa shape index (κ1) is 48.8. The zero-order valence-electron chi connectivity index (χ0n) is 41.3. The second-order valence-electron chi connectivity index (χ2n) is 20.6. The number of carbonyl (C=O) groups excluding carboxylic acids is 4. The fourth-order valence-corrected chi connectivity index (χ4v) is 10.7. The average molecular weight is 957 g/mol. The van der Waals surface area contributed by atoms with E-state index in [4.69, 9.17) is 28.9 Å². The highest BCUT2D eigenvalue weighted by Crippen LogP contribution is 2.58. The van der Waals surface area contributed by atoms with Crippen LogP contribution in [0.25, 0.3) is 44.4 Å². The maximum Gasteiger partial charge on any atom is 0.407 e. The second kappa shape index (κ2) is 21.0. The van der Waals surface area contributed by atoms with Gasteiger partial charge in [0.2, 0.25) is 11.8 Å². The highest BCUT2D eigenvalue weighted by atomic mass is 16.5. The Morgan fingerprint density at radius 3 is 1.84 bits per heavy atom. The summed E-state index contributed by atoms with van der Waals surface area (Å²) in [5.74, 6) is 1.44. The van der Waals surface area contributed by atoms with Crippen LogP contribution in [0.3, 0.4) is 0 Å². The van der Waals surface area contributed by atoms with Crippen molar-refractivity contribution in [3.8, 4) is 33.6 Å². The SMILES string of the molecule is COC(=O)N[C@H](C(=O)N1C[C@@H](OCCOCC2CCCC2)C[C@H]1c1ncc(-c2ccc(-c3ccc4cc(-c5cnc([C@@H]6CC7(CC7)CN6C(=O)[C@@H](NC(=O)OC)C(C)C)[nH]5)ccc4c3)cc2)[nH]1)C(C)C. The number of amides is 4. The molecule has 70 heavy (non-hydrogen) atoms. The molecule has 2 saturated heterocycles. The minimum absolute atomic E-state index is 0.111. The van der Waals surface area contributed by atoms with Gasteiger partial charge in [-0.3, -0.25) is 9.59 Å². The van der Waals surface area contributed by atoms with Crippen molar-refractivity contribution < 1.29 is 38.1 Å². The van der Waals surface area contributed by atoms with Crippen LogP contribution in [0.2, 0.25) is 0 Å². The third-order valence-corrected chi connectivity index (χ3v) is 15.0. The van der Waals surface area contributed by atoms with Crippen molar-refractivity contribution in [2.75, 3.05) is 47.1 Å². The van der Waals surface area contributed by atoms with Crippen LogP contribution in [0.1, 0.15) is 103 Å². The lowest BCUT2D eigenvalue weighted by atomic mass is 9.98. The van der Waals surface area contributed by atoms with Crippen LogP contribution in [-0.4, -0.2) is 119 Å². The van der Waals surface area contributed by atoms with Gasteiger partial charge in [-0.1, -0.05) is 89.1 Å². The van der Waals surface area contributed by atoms with Crippen molar-refractivity contribution in [2.24, 2.45) is 23.2 Å². The van der Waals surface area contributed by atoms with E-state index in [-0.39, 0.29) is 47.3 Å². The summed E-state index contributed by atoms with van der Waals surface area (Å²) >= 11 is 0. The third kappa shape index (κ3) is 10.7. The number of carbonyl (C=O) groups is 4. The lowest BCUT2D eigenvalue weighted by Crippen LogP contribution is -2.51. The van der Waals surface area contributed by atoms with Gasteiger partial charge < -0.3 is 49.3 Å². The van der Waals surface area contributed by atoms with Gasteiger partial charge >= 0.3 is 12.2 Å². The molecule has 4 aliphatic rings. The fraction of sp³-hybridized carbons (Fsp3) is 0.519. The largest absolute Gasteiger partial charge is 0.453 e. The molecule has 5 aromatic rings. The number of benzene rings is 3. The van der Waals surface area contributed by atoms with Crippen molar-refractivity contribution in [2.45, 2.75) is 109 Å². The Kier molecular flexibility index (Phi) is 14.6. The van der Waals surface area contributed by atoms with Gasteiger partial charge in [0.1, 0.15) is 23.7 Å². The van der Waals surface area contributed by atoms with Gasteiger partial charge in [0.15, 0.2) is 0 Å². The van der Waals surface area contributed by atoms with E-state index in [2.05, 4.69) is 81.3 Å². The van der Waals surface area contributed by atoms with Gasteiger partial charge in [0, 0.05) is 31.7 Å². The first-order valence-corrected chi connectivity index (χ1v) is 25.1. The Morgan fingerprint density at radius 2 is 1.24 bits per heavy atom. The van der Waals surface area contributed by atoms with Crippen LogP contribution < -0.4 is 10.6 Å². The molecule has 2 aliphatic carbocycles. The number of aromatic amines is 2. The van der Waals surface area contributed by atoms with Crippen LogP contribution in [0, 0.1) is 23.2 Å². The maximum absolute atomic E-state index is 14.2. The van der Waals surface area contributed by atoms with Gasteiger partial charge in [-0.05, 0) is 94.9 Å². The minimum atomic E-state index is -0.779. The Hall–Kier alpha value is -6.26. The quantitative estimate of drug-likeness (QED) is 0.0654. The summed E-state index contributed by atoms with van der Waals surface area (Å²) in [4.78, 5) is 73.0. The highest BCUT2D eigenvalue weighted by molar-refractivity contribution is 5.91. The number of likely N-dealkylation sites (tertiary alicyclic amines) is 2. The molecule has 4 fully saturated rings. The molecule has 2 aliphatic heterocycles. The molecule has 16 nitrogen and oxygen atoms in total. The lowest BCUT2D eigenvalue weighted by molar-refractivity contribution is -0.136. The van der Waals surface area contributed by atoms with Crippen LogP contribution in [0.15, 0.2) is 73.1 Å². The standard InChI is InChI=1S/C54H68N8O8/c1-32(2)46(59-52(65)67-5)50(63)61-29-41(70-22-21-69-30-34-9-7-8-10-34)25-44(61)48-55-27-42(57-48)36-13-11-35(12-14-36)37-15-16-39-24-40(18-17-38(39)23-37)43-28-56-49(58-43)45-26-54(19-20-54)31-62(45)51(64)47(33(3)4)60-53(66)68-6/h11-18,23-24,27-28,32-34,41,44-47H,7-10,19-22,25-26,29-31H2,1-6H3,(H,55,57)(H,56,58)(H,59,65)(H,60,66)/t41-,44-,45-,46-,47-/m0/s1. The van der Waals surface area contributed by atoms with Crippen molar-refractivity contribution in [3.05, 3.63) is 84.7 Å². The maximum atomic E-state index is 14.2. The molecule has 4 N–H and O–H groups in total. The van der Waals surface area contributed by atoms with Gasteiger partial charge in [0.05, 0.1) is 69.4 Å². The van der Waals surface area contributed by atoms with Gasteiger partial charge in [0.25, 0.3) is 0 Å². The van der Waals surface area contributed by atoms with Crippen molar-refractivity contribution in [1.29, 1.82) is 0 Å². The smallest absolute Gasteiger partial charge is 0.407 e. The number of nitrogens with one attached hydrogen (secondary N) is 4. The van der Waals surface area contributed by atoms with E-state index < -0.39 is 24.3 Å². The molecule has 0 bridgehead atoms. The van der Waals surface area contributed by atoms with E-state index in [9.17, 15) is 19.2 Å². The van der Waals surface area contributed by atoms with Crippen molar-refractivity contribution in [1.82, 2.24) is 40.4 Å². The molecule has 16 heteroatoms. The number of imidazole rings is 2.